The molecule has 0 aliphatic carbocycles. The van der Waals surface area contributed by atoms with Crippen LogP contribution in [-0.2, 0) is 0 Å². The number of nitriles is 1. The minimum Gasteiger partial charge on any atom is -0.322 e. The van der Waals surface area contributed by atoms with Crippen LogP contribution in [0.25, 0.3) is 0 Å². The molecule has 21 heavy (non-hydrogen) atoms. The molecule has 2 aromatic carbocycles. The third kappa shape index (κ3) is 3.49. The molecule has 0 fully saturated rings. The van der Waals surface area contributed by atoms with Crippen LogP contribution in [-0.4, -0.2) is 5.91 Å². The first kappa shape index (κ1) is 14.8. The van der Waals surface area contributed by atoms with Gasteiger partial charge in [0.05, 0.1) is 11.6 Å². The number of amides is 1. The second-order valence-corrected chi connectivity index (χ2v) is 5.04. The van der Waals surface area contributed by atoms with E-state index in [0.717, 1.165) is 17.7 Å². The van der Waals surface area contributed by atoms with E-state index < -0.39 is 0 Å². The third-order valence-electron chi connectivity index (χ3n) is 3.61. The monoisotopic (exact) mass is 278 g/mol. The summed E-state index contributed by atoms with van der Waals surface area (Å²) in [6.45, 7) is 4.26. The Labute approximate surface area is 125 Å². The van der Waals surface area contributed by atoms with Crippen LogP contribution in [0.15, 0.2) is 48.5 Å². The Morgan fingerprint density at radius 3 is 2.71 bits per heavy atom. The van der Waals surface area contributed by atoms with Crippen LogP contribution in [0.1, 0.15) is 47.7 Å². The predicted molar refractivity (Wildman–Crippen MR) is 84.3 cm³/mol. The van der Waals surface area contributed by atoms with Gasteiger partial charge in [-0.25, -0.2) is 0 Å². The minimum absolute atomic E-state index is 0.192. The third-order valence-corrected chi connectivity index (χ3v) is 3.61. The van der Waals surface area contributed by atoms with Crippen molar-refractivity contribution in [2.24, 2.45) is 0 Å². The average Bonchev–Trinajstić information content (AvgIpc) is 2.54. The number of rotatable bonds is 4. The summed E-state index contributed by atoms with van der Waals surface area (Å²) in [5.41, 5.74) is 2.94. The highest BCUT2D eigenvalue weighted by Crippen LogP contribution is 2.26. The molecule has 0 saturated carbocycles. The second-order valence-electron chi connectivity index (χ2n) is 5.04. The molecule has 0 radical (unpaired) electrons. The zero-order valence-corrected chi connectivity index (χ0v) is 12.3. The maximum absolute atomic E-state index is 12.3. The zero-order chi connectivity index (χ0) is 15.2. The smallest absolute Gasteiger partial charge is 0.255 e. The van der Waals surface area contributed by atoms with E-state index in [1.807, 2.05) is 30.3 Å². The average molecular weight is 278 g/mol. The fourth-order valence-corrected chi connectivity index (χ4v) is 2.18. The van der Waals surface area contributed by atoms with Crippen molar-refractivity contribution >= 4 is 11.6 Å². The number of anilines is 1. The summed E-state index contributed by atoms with van der Waals surface area (Å²) in [5.74, 6) is 0.190. The highest BCUT2D eigenvalue weighted by molar-refractivity contribution is 6.04. The maximum Gasteiger partial charge on any atom is 0.255 e. The topological polar surface area (TPSA) is 52.9 Å². The standard InChI is InChI=1S/C18H18N2O/c1-3-13(2)16-9-4-5-10-17(16)20-18(21)15-8-6-7-14(11-15)12-19/h4-11,13H,3H2,1-2H3,(H,20,21)/t13-/m0/s1. The lowest BCUT2D eigenvalue weighted by Gasteiger charge is -2.15. The van der Waals surface area contributed by atoms with Crippen LogP contribution in [0.2, 0.25) is 0 Å². The quantitative estimate of drug-likeness (QED) is 0.905. The SMILES string of the molecule is CC[C@H](C)c1ccccc1NC(=O)c1cccc(C#N)c1. The number of hydrogen-bond donors (Lipinski definition) is 1. The Morgan fingerprint density at radius 2 is 2.00 bits per heavy atom. The van der Waals surface area contributed by atoms with Gasteiger partial charge < -0.3 is 5.32 Å². The molecule has 2 aromatic rings. The van der Waals surface area contributed by atoms with Crippen molar-refractivity contribution < 1.29 is 4.79 Å². The molecule has 1 amide bonds. The van der Waals surface area contributed by atoms with Crippen LogP contribution >= 0.6 is 0 Å². The van der Waals surface area contributed by atoms with Gasteiger partial charge in [-0.15, -0.1) is 0 Å². The van der Waals surface area contributed by atoms with Crippen molar-refractivity contribution in [3.8, 4) is 6.07 Å². The molecule has 0 saturated heterocycles. The predicted octanol–water partition coefficient (Wildman–Crippen LogP) is 4.32. The number of carbonyl (C=O) groups is 1. The normalized spacial score (nSPS) is 11.5. The summed E-state index contributed by atoms with van der Waals surface area (Å²) in [6.07, 6.45) is 1.01. The number of benzene rings is 2. The fourth-order valence-electron chi connectivity index (χ4n) is 2.18. The molecule has 0 bridgehead atoms. The maximum atomic E-state index is 12.3. The van der Waals surface area contributed by atoms with Crippen molar-refractivity contribution in [2.45, 2.75) is 26.2 Å². The van der Waals surface area contributed by atoms with Gasteiger partial charge >= 0.3 is 0 Å². The van der Waals surface area contributed by atoms with Gasteiger partial charge in [-0.2, -0.15) is 5.26 Å². The molecule has 3 heteroatoms. The zero-order valence-electron chi connectivity index (χ0n) is 12.3. The molecule has 0 aromatic heterocycles. The molecular weight excluding hydrogens is 260 g/mol. The van der Waals surface area contributed by atoms with Crippen molar-refractivity contribution in [3.05, 3.63) is 65.2 Å². The molecule has 2 rings (SSSR count). The van der Waals surface area contributed by atoms with Gasteiger partial charge in [-0.3, -0.25) is 4.79 Å². The molecule has 106 valence electrons. The van der Waals surface area contributed by atoms with Gasteiger partial charge in [0.2, 0.25) is 0 Å². The van der Waals surface area contributed by atoms with Crippen LogP contribution in [0.3, 0.4) is 0 Å². The fraction of sp³-hybridized carbons (Fsp3) is 0.222. The van der Waals surface area contributed by atoms with Crippen molar-refractivity contribution in [2.75, 3.05) is 5.32 Å². The Morgan fingerprint density at radius 1 is 1.24 bits per heavy atom. The summed E-state index contributed by atoms with van der Waals surface area (Å²) < 4.78 is 0. The van der Waals surface area contributed by atoms with E-state index >= 15 is 0 Å². The van der Waals surface area contributed by atoms with Crippen LogP contribution in [0.5, 0.6) is 0 Å². The number of hydrogen-bond acceptors (Lipinski definition) is 2. The number of para-hydroxylation sites is 1. The van der Waals surface area contributed by atoms with Crippen LogP contribution in [0.4, 0.5) is 5.69 Å². The van der Waals surface area contributed by atoms with E-state index in [-0.39, 0.29) is 5.91 Å². The lowest BCUT2D eigenvalue weighted by molar-refractivity contribution is 0.102. The number of carbonyl (C=O) groups excluding carboxylic acids is 1. The lowest BCUT2D eigenvalue weighted by Crippen LogP contribution is -2.14. The molecule has 0 aliphatic heterocycles. The van der Waals surface area contributed by atoms with Gasteiger partial charge in [0.15, 0.2) is 0 Å². The first-order valence-electron chi connectivity index (χ1n) is 7.06. The lowest BCUT2D eigenvalue weighted by atomic mass is 9.96. The summed E-state index contributed by atoms with van der Waals surface area (Å²) in [5, 5.41) is 11.8. The Hall–Kier alpha value is -2.60. The van der Waals surface area contributed by atoms with E-state index in [1.165, 1.54) is 0 Å². The van der Waals surface area contributed by atoms with Crippen LogP contribution in [0, 0.1) is 11.3 Å². The highest BCUT2D eigenvalue weighted by Gasteiger charge is 2.12. The molecular formula is C18H18N2O. The highest BCUT2D eigenvalue weighted by atomic mass is 16.1. The van der Waals surface area contributed by atoms with Crippen molar-refractivity contribution in [1.29, 1.82) is 5.26 Å². The van der Waals surface area contributed by atoms with Gasteiger partial charge in [-0.1, -0.05) is 38.1 Å². The molecule has 1 atom stereocenters. The molecule has 0 heterocycles. The van der Waals surface area contributed by atoms with E-state index in [4.69, 9.17) is 5.26 Å². The molecule has 0 spiro atoms. The summed E-state index contributed by atoms with van der Waals surface area (Å²) in [6, 6.07) is 16.6. The van der Waals surface area contributed by atoms with E-state index in [9.17, 15) is 4.79 Å². The Bertz CT molecular complexity index is 686. The second kappa shape index (κ2) is 6.71. The first-order chi connectivity index (χ1) is 10.2. The van der Waals surface area contributed by atoms with Gasteiger partial charge in [0.1, 0.15) is 0 Å². The molecule has 3 nitrogen and oxygen atoms in total. The van der Waals surface area contributed by atoms with Gasteiger partial charge in [0, 0.05) is 11.3 Å². The molecule has 0 aliphatic rings. The summed E-state index contributed by atoms with van der Waals surface area (Å²) >= 11 is 0. The number of nitrogens with one attached hydrogen (secondary N) is 1. The Kier molecular flexibility index (Phi) is 4.73. The first-order valence-corrected chi connectivity index (χ1v) is 7.06. The van der Waals surface area contributed by atoms with E-state index in [0.29, 0.717) is 17.0 Å². The van der Waals surface area contributed by atoms with E-state index in [2.05, 4.69) is 19.2 Å². The number of nitrogens with zero attached hydrogens (tertiary/aromatic N) is 1. The van der Waals surface area contributed by atoms with Crippen LogP contribution < -0.4 is 5.32 Å². The van der Waals surface area contributed by atoms with Gasteiger partial charge in [0.25, 0.3) is 5.91 Å². The van der Waals surface area contributed by atoms with Crippen molar-refractivity contribution in [3.63, 3.8) is 0 Å². The molecule has 1 N–H and O–H groups in total. The van der Waals surface area contributed by atoms with Gasteiger partial charge in [-0.05, 0) is 42.2 Å². The summed E-state index contributed by atoms with van der Waals surface area (Å²) in [4.78, 5) is 12.3. The molecule has 0 unspecified atom stereocenters. The van der Waals surface area contributed by atoms with Crippen molar-refractivity contribution in [1.82, 2.24) is 0 Å². The van der Waals surface area contributed by atoms with E-state index in [1.54, 1.807) is 24.3 Å². The largest absolute Gasteiger partial charge is 0.322 e. The summed E-state index contributed by atoms with van der Waals surface area (Å²) in [7, 11) is 0. The minimum atomic E-state index is -0.192. The Balaban J connectivity index is 2.26.